The molecule has 0 saturated heterocycles. The number of hydrogen-bond acceptors (Lipinski definition) is 2. The molecular weight excluding hydrogens is 438 g/mol. The van der Waals surface area contributed by atoms with Crippen molar-refractivity contribution in [3.63, 3.8) is 0 Å². The van der Waals surface area contributed by atoms with E-state index >= 15 is 0 Å². The van der Waals surface area contributed by atoms with Gasteiger partial charge in [-0.15, -0.1) is 0 Å². The average molecular weight is 455 g/mol. The molecule has 0 amide bonds. The predicted octanol–water partition coefficient (Wildman–Crippen LogP) is 6.10. The average Bonchev–Trinajstić information content (AvgIpc) is 2.98. The van der Waals surface area contributed by atoms with Crippen LogP contribution in [0.5, 0.6) is 0 Å². The first-order valence-corrected chi connectivity index (χ1v) is 9.92. The van der Waals surface area contributed by atoms with E-state index in [2.05, 4.69) is 26.0 Å². The van der Waals surface area contributed by atoms with E-state index in [0.29, 0.717) is 16.3 Å². The van der Waals surface area contributed by atoms with Crippen LogP contribution in [-0.2, 0) is 0 Å². The first kappa shape index (κ1) is 18.7. The molecule has 0 bridgehead atoms. The second kappa shape index (κ2) is 7.41. The molecule has 1 aromatic heterocycles. The second-order valence-corrected chi connectivity index (χ2v) is 7.86. The number of H-pyrrole nitrogens is 1. The van der Waals surface area contributed by atoms with Gasteiger partial charge >= 0.3 is 0 Å². The van der Waals surface area contributed by atoms with Gasteiger partial charge in [-0.25, -0.2) is 4.68 Å². The van der Waals surface area contributed by atoms with Crippen LogP contribution in [0.1, 0.15) is 16.8 Å². The highest BCUT2D eigenvalue weighted by atomic mass is 79.9. The summed E-state index contributed by atoms with van der Waals surface area (Å²) in [5, 5.41) is 5.82. The molecule has 0 fully saturated rings. The lowest BCUT2D eigenvalue weighted by atomic mass is 10.1. The third kappa shape index (κ3) is 3.32. The SMILES string of the molecule is Cc1ccc(-n2[nH]c(C)c(C=Nc3ccc(Br)c4ccccc34)c2=O)cc1Cl. The Kier molecular flexibility index (Phi) is 4.96. The third-order valence-electron chi connectivity index (χ3n) is 4.71. The van der Waals surface area contributed by atoms with Crippen LogP contribution in [0.4, 0.5) is 5.69 Å². The van der Waals surface area contributed by atoms with Crippen molar-refractivity contribution in [2.75, 3.05) is 0 Å². The number of benzene rings is 3. The first-order valence-electron chi connectivity index (χ1n) is 8.75. The molecule has 4 aromatic rings. The van der Waals surface area contributed by atoms with E-state index in [1.807, 2.05) is 62.4 Å². The molecule has 1 N–H and O–H groups in total. The molecule has 4 nitrogen and oxygen atoms in total. The predicted molar refractivity (Wildman–Crippen MR) is 120 cm³/mol. The number of halogens is 2. The molecule has 6 heteroatoms. The standard InChI is InChI=1S/C22H17BrClN3O/c1-13-7-8-15(11-20(13)24)27-22(28)18(14(2)26-27)12-25-21-10-9-19(23)16-5-3-4-6-17(16)21/h3-12,26H,1-2H3. The van der Waals surface area contributed by atoms with Crippen molar-refractivity contribution < 1.29 is 0 Å². The molecule has 0 atom stereocenters. The van der Waals surface area contributed by atoms with Crippen molar-refractivity contribution in [1.29, 1.82) is 0 Å². The fourth-order valence-electron chi connectivity index (χ4n) is 3.11. The number of aromatic nitrogens is 2. The highest BCUT2D eigenvalue weighted by Gasteiger charge is 2.12. The number of hydrogen-bond donors (Lipinski definition) is 1. The fourth-order valence-corrected chi connectivity index (χ4v) is 3.76. The van der Waals surface area contributed by atoms with Crippen molar-refractivity contribution in [2.45, 2.75) is 13.8 Å². The summed E-state index contributed by atoms with van der Waals surface area (Å²) in [6.07, 6.45) is 1.62. The Hall–Kier alpha value is -2.63. The van der Waals surface area contributed by atoms with E-state index in [1.54, 1.807) is 12.3 Å². The Labute approximate surface area is 175 Å². The van der Waals surface area contributed by atoms with Crippen LogP contribution in [0.2, 0.25) is 5.02 Å². The first-order chi connectivity index (χ1) is 13.5. The summed E-state index contributed by atoms with van der Waals surface area (Å²) >= 11 is 9.78. The fraction of sp³-hybridized carbons (Fsp3) is 0.0909. The molecule has 3 aromatic carbocycles. The number of nitrogens with one attached hydrogen (secondary N) is 1. The topological polar surface area (TPSA) is 50.1 Å². The van der Waals surface area contributed by atoms with E-state index in [9.17, 15) is 4.79 Å². The van der Waals surface area contributed by atoms with E-state index < -0.39 is 0 Å². The summed E-state index contributed by atoms with van der Waals surface area (Å²) < 4.78 is 2.50. The maximum atomic E-state index is 12.9. The number of fused-ring (bicyclic) bond motifs is 1. The monoisotopic (exact) mass is 453 g/mol. The maximum Gasteiger partial charge on any atom is 0.280 e. The lowest BCUT2D eigenvalue weighted by molar-refractivity contribution is 0.835. The summed E-state index contributed by atoms with van der Waals surface area (Å²) in [4.78, 5) is 17.5. The van der Waals surface area contributed by atoms with Gasteiger partial charge in [0.15, 0.2) is 0 Å². The molecule has 28 heavy (non-hydrogen) atoms. The van der Waals surface area contributed by atoms with Crippen LogP contribution in [0.3, 0.4) is 0 Å². The van der Waals surface area contributed by atoms with Gasteiger partial charge in [0.25, 0.3) is 5.56 Å². The molecule has 140 valence electrons. The van der Waals surface area contributed by atoms with E-state index in [4.69, 9.17) is 11.6 Å². The summed E-state index contributed by atoms with van der Waals surface area (Å²) in [5.41, 5.74) is 3.56. The highest BCUT2D eigenvalue weighted by molar-refractivity contribution is 9.10. The Balaban J connectivity index is 1.78. The summed E-state index contributed by atoms with van der Waals surface area (Å²) in [6.45, 7) is 3.78. The molecule has 0 unspecified atom stereocenters. The van der Waals surface area contributed by atoms with E-state index in [0.717, 1.165) is 32.2 Å². The van der Waals surface area contributed by atoms with Crippen LogP contribution in [0.25, 0.3) is 16.5 Å². The van der Waals surface area contributed by atoms with Crippen molar-refractivity contribution in [1.82, 2.24) is 9.78 Å². The number of rotatable bonds is 3. The minimum absolute atomic E-state index is 0.164. The van der Waals surface area contributed by atoms with Crippen molar-refractivity contribution in [3.8, 4) is 5.69 Å². The van der Waals surface area contributed by atoms with Gasteiger partial charge in [-0.3, -0.25) is 14.9 Å². The number of nitrogens with zero attached hydrogens (tertiary/aromatic N) is 2. The Morgan fingerprint density at radius 1 is 1.07 bits per heavy atom. The molecule has 1 heterocycles. The molecule has 4 rings (SSSR count). The molecule has 0 radical (unpaired) electrons. The molecule has 0 saturated carbocycles. The van der Waals surface area contributed by atoms with Crippen LogP contribution in [0, 0.1) is 13.8 Å². The van der Waals surface area contributed by atoms with Gasteiger partial charge in [-0.1, -0.05) is 57.9 Å². The van der Waals surface area contributed by atoms with Gasteiger partial charge in [0, 0.05) is 26.8 Å². The second-order valence-electron chi connectivity index (χ2n) is 6.59. The zero-order valence-electron chi connectivity index (χ0n) is 15.3. The van der Waals surface area contributed by atoms with Gasteiger partial charge in [0.05, 0.1) is 16.9 Å². The van der Waals surface area contributed by atoms with Crippen molar-refractivity contribution >= 4 is 50.2 Å². The number of aromatic amines is 1. The lowest BCUT2D eigenvalue weighted by Gasteiger charge is -2.04. The minimum atomic E-state index is -0.164. The van der Waals surface area contributed by atoms with E-state index in [1.165, 1.54) is 4.68 Å². The number of aryl methyl sites for hydroxylation is 2. The smallest absolute Gasteiger partial charge is 0.280 e. The van der Waals surface area contributed by atoms with Gasteiger partial charge in [0.1, 0.15) is 0 Å². The quantitative estimate of drug-likeness (QED) is 0.373. The summed E-state index contributed by atoms with van der Waals surface area (Å²) in [5.74, 6) is 0. The normalized spacial score (nSPS) is 11.6. The Morgan fingerprint density at radius 2 is 1.82 bits per heavy atom. The van der Waals surface area contributed by atoms with Gasteiger partial charge in [0.2, 0.25) is 0 Å². The Morgan fingerprint density at radius 3 is 2.57 bits per heavy atom. The third-order valence-corrected chi connectivity index (χ3v) is 5.81. The van der Waals surface area contributed by atoms with E-state index in [-0.39, 0.29) is 5.56 Å². The molecule has 0 spiro atoms. The summed E-state index contributed by atoms with van der Waals surface area (Å²) in [6, 6.07) is 17.4. The largest absolute Gasteiger partial charge is 0.295 e. The van der Waals surface area contributed by atoms with Crippen LogP contribution < -0.4 is 5.56 Å². The minimum Gasteiger partial charge on any atom is -0.295 e. The summed E-state index contributed by atoms with van der Waals surface area (Å²) in [7, 11) is 0. The lowest BCUT2D eigenvalue weighted by Crippen LogP contribution is -2.17. The number of aliphatic imine (C=N–C) groups is 1. The molecule has 0 aliphatic carbocycles. The zero-order chi connectivity index (χ0) is 19.8. The Bertz CT molecular complexity index is 1290. The van der Waals surface area contributed by atoms with Crippen LogP contribution >= 0.6 is 27.5 Å². The van der Waals surface area contributed by atoms with Crippen LogP contribution in [-0.4, -0.2) is 16.0 Å². The van der Waals surface area contributed by atoms with Crippen LogP contribution in [0.15, 0.2) is 68.9 Å². The van der Waals surface area contributed by atoms with Gasteiger partial charge < -0.3 is 0 Å². The molecule has 0 aliphatic heterocycles. The maximum absolute atomic E-state index is 12.9. The zero-order valence-corrected chi connectivity index (χ0v) is 17.7. The van der Waals surface area contributed by atoms with Crippen molar-refractivity contribution in [2.24, 2.45) is 4.99 Å². The highest BCUT2D eigenvalue weighted by Crippen LogP contribution is 2.31. The molecule has 0 aliphatic rings. The van der Waals surface area contributed by atoms with Crippen molar-refractivity contribution in [3.05, 3.63) is 91.3 Å². The van der Waals surface area contributed by atoms with Gasteiger partial charge in [-0.2, -0.15) is 0 Å². The van der Waals surface area contributed by atoms with Gasteiger partial charge in [-0.05, 0) is 49.1 Å². The molecular formula is C22H17BrClN3O.